The summed E-state index contributed by atoms with van der Waals surface area (Å²) < 4.78 is 5.28. The molecule has 102 valence electrons. The van der Waals surface area contributed by atoms with E-state index in [0.29, 0.717) is 5.56 Å². The summed E-state index contributed by atoms with van der Waals surface area (Å²) in [4.78, 5) is 2.14. The maximum Gasteiger partial charge on any atom is 0.121 e. The van der Waals surface area contributed by atoms with Gasteiger partial charge in [0, 0.05) is 18.3 Å². The van der Waals surface area contributed by atoms with Crippen LogP contribution in [-0.2, 0) is 0 Å². The van der Waals surface area contributed by atoms with E-state index in [0.717, 1.165) is 23.7 Å². The van der Waals surface area contributed by atoms with Gasteiger partial charge in [-0.15, -0.1) is 0 Å². The summed E-state index contributed by atoms with van der Waals surface area (Å²) in [5.41, 5.74) is 3.82. The van der Waals surface area contributed by atoms with E-state index in [2.05, 4.69) is 36.9 Å². The first kappa shape index (κ1) is 14.0. The lowest BCUT2D eigenvalue weighted by Gasteiger charge is -2.26. The van der Waals surface area contributed by atoms with Gasteiger partial charge in [0.2, 0.25) is 0 Å². The number of aryl methyl sites for hydroxylation is 1. The molecule has 0 fully saturated rings. The smallest absolute Gasteiger partial charge is 0.121 e. The van der Waals surface area contributed by atoms with Gasteiger partial charge in [0.05, 0.1) is 18.4 Å². The number of ether oxygens (including phenoxy) is 1. The van der Waals surface area contributed by atoms with Gasteiger partial charge in [-0.2, -0.15) is 5.26 Å². The van der Waals surface area contributed by atoms with Crippen molar-refractivity contribution < 1.29 is 4.74 Å². The number of benzene rings is 2. The van der Waals surface area contributed by atoms with Gasteiger partial charge in [0.1, 0.15) is 11.8 Å². The van der Waals surface area contributed by atoms with Crippen molar-refractivity contribution in [2.75, 3.05) is 18.6 Å². The molecular weight excluding hydrogens is 248 g/mol. The number of methoxy groups -OCH3 is 1. The third-order valence-electron chi connectivity index (χ3n) is 3.34. The Hall–Kier alpha value is -2.47. The third-order valence-corrected chi connectivity index (χ3v) is 3.34. The van der Waals surface area contributed by atoms with E-state index in [1.54, 1.807) is 13.2 Å². The zero-order valence-corrected chi connectivity index (χ0v) is 12.1. The summed E-state index contributed by atoms with van der Waals surface area (Å²) in [6.07, 6.45) is 0. The standard InChI is InChI=1S/C17H18N2O/c1-4-19(16-8-6-5-7-13(16)2)17-11-15(20-3)10-9-14(17)12-18/h5-11H,4H2,1-3H3. The molecule has 0 amide bonds. The van der Waals surface area contributed by atoms with Crippen LogP contribution < -0.4 is 9.64 Å². The highest BCUT2D eigenvalue weighted by atomic mass is 16.5. The SMILES string of the molecule is CCN(c1ccccc1C)c1cc(OC)ccc1C#N. The molecule has 0 aromatic heterocycles. The molecule has 0 aliphatic rings. The van der Waals surface area contributed by atoms with Crippen molar-refractivity contribution >= 4 is 11.4 Å². The van der Waals surface area contributed by atoms with E-state index in [9.17, 15) is 5.26 Å². The lowest BCUT2D eigenvalue weighted by Crippen LogP contribution is -2.18. The first-order valence-electron chi connectivity index (χ1n) is 6.62. The van der Waals surface area contributed by atoms with Crippen molar-refractivity contribution in [1.82, 2.24) is 0 Å². The number of rotatable bonds is 4. The number of nitrogens with zero attached hydrogens (tertiary/aromatic N) is 2. The Morgan fingerprint density at radius 3 is 2.50 bits per heavy atom. The number of hydrogen-bond acceptors (Lipinski definition) is 3. The minimum atomic E-state index is 0.649. The maximum absolute atomic E-state index is 9.33. The molecule has 2 rings (SSSR count). The van der Waals surface area contributed by atoms with E-state index in [1.807, 2.05) is 24.3 Å². The van der Waals surface area contributed by atoms with Crippen LogP contribution in [0.5, 0.6) is 5.75 Å². The zero-order chi connectivity index (χ0) is 14.5. The van der Waals surface area contributed by atoms with Crippen molar-refractivity contribution in [3.05, 3.63) is 53.6 Å². The molecular formula is C17H18N2O. The van der Waals surface area contributed by atoms with Gasteiger partial charge >= 0.3 is 0 Å². The topological polar surface area (TPSA) is 36.3 Å². The van der Waals surface area contributed by atoms with Crippen LogP contribution in [0.4, 0.5) is 11.4 Å². The normalized spacial score (nSPS) is 9.90. The average Bonchev–Trinajstić information content (AvgIpc) is 2.49. The van der Waals surface area contributed by atoms with Gasteiger partial charge in [-0.05, 0) is 37.6 Å². The molecule has 3 heteroatoms. The molecule has 2 aromatic rings. The summed E-state index contributed by atoms with van der Waals surface area (Å²) in [7, 11) is 1.63. The fraction of sp³-hybridized carbons (Fsp3) is 0.235. The molecule has 20 heavy (non-hydrogen) atoms. The number of hydrogen-bond donors (Lipinski definition) is 0. The Bertz CT molecular complexity index is 644. The van der Waals surface area contributed by atoms with Crippen molar-refractivity contribution in [3.8, 4) is 11.8 Å². The third kappa shape index (κ3) is 2.60. The van der Waals surface area contributed by atoms with Gasteiger partial charge in [0.25, 0.3) is 0 Å². The molecule has 0 spiro atoms. The predicted molar refractivity (Wildman–Crippen MR) is 81.6 cm³/mol. The van der Waals surface area contributed by atoms with Crippen LogP contribution in [0.1, 0.15) is 18.1 Å². The quantitative estimate of drug-likeness (QED) is 0.838. The molecule has 0 aliphatic heterocycles. The highest BCUT2D eigenvalue weighted by Gasteiger charge is 2.14. The van der Waals surface area contributed by atoms with E-state index in [4.69, 9.17) is 4.74 Å². The summed E-state index contributed by atoms with van der Waals surface area (Å²) in [6, 6.07) is 15.9. The molecule has 0 bridgehead atoms. The summed E-state index contributed by atoms with van der Waals surface area (Å²) in [6.45, 7) is 4.93. The van der Waals surface area contributed by atoms with E-state index in [1.165, 1.54) is 5.56 Å². The molecule has 0 aliphatic carbocycles. The number of nitriles is 1. The van der Waals surface area contributed by atoms with Crippen LogP contribution in [0.3, 0.4) is 0 Å². The molecule has 0 radical (unpaired) electrons. The fourth-order valence-corrected chi connectivity index (χ4v) is 2.29. The van der Waals surface area contributed by atoms with E-state index < -0.39 is 0 Å². The first-order chi connectivity index (χ1) is 9.71. The Morgan fingerprint density at radius 2 is 1.90 bits per heavy atom. The second-order valence-corrected chi connectivity index (χ2v) is 4.53. The van der Waals surface area contributed by atoms with E-state index in [-0.39, 0.29) is 0 Å². The Balaban J connectivity index is 2.57. The Labute approximate surface area is 120 Å². The monoisotopic (exact) mass is 266 g/mol. The van der Waals surface area contributed by atoms with Crippen LogP contribution in [0.25, 0.3) is 0 Å². The Morgan fingerprint density at radius 1 is 1.15 bits per heavy atom. The lowest BCUT2D eigenvalue weighted by molar-refractivity contribution is 0.415. The zero-order valence-electron chi connectivity index (χ0n) is 12.1. The average molecular weight is 266 g/mol. The number of anilines is 2. The van der Waals surface area contributed by atoms with Crippen LogP contribution in [0, 0.1) is 18.3 Å². The van der Waals surface area contributed by atoms with Crippen LogP contribution in [0.2, 0.25) is 0 Å². The second-order valence-electron chi connectivity index (χ2n) is 4.53. The first-order valence-corrected chi connectivity index (χ1v) is 6.62. The maximum atomic E-state index is 9.33. The molecule has 0 saturated carbocycles. The van der Waals surface area contributed by atoms with Crippen molar-refractivity contribution in [3.63, 3.8) is 0 Å². The van der Waals surface area contributed by atoms with Crippen molar-refractivity contribution in [2.24, 2.45) is 0 Å². The molecule has 0 saturated heterocycles. The summed E-state index contributed by atoms with van der Waals surface area (Å²) in [5, 5.41) is 9.33. The van der Waals surface area contributed by atoms with Gasteiger partial charge in [-0.25, -0.2) is 0 Å². The molecule has 3 nitrogen and oxygen atoms in total. The molecule has 0 heterocycles. The van der Waals surface area contributed by atoms with Crippen LogP contribution >= 0.6 is 0 Å². The largest absolute Gasteiger partial charge is 0.497 e. The van der Waals surface area contributed by atoms with Gasteiger partial charge in [0.15, 0.2) is 0 Å². The number of para-hydroxylation sites is 1. The lowest BCUT2D eigenvalue weighted by atomic mass is 10.1. The minimum absolute atomic E-state index is 0.649. The van der Waals surface area contributed by atoms with Crippen molar-refractivity contribution in [2.45, 2.75) is 13.8 Å². The van der Waals surface area contributed by atoms with Gasteiger partial charge < -0.3 is 9.64 Å². The summed E-state index contributed by atoms with van der Waals surface area (Å²) >= 11 is 0. The van der Waals surface area contributed by atoms with Crippen LogP contribution in [-0.4, -0.2) is 13.7 Å². The molecule has 0 atom stereocenters. The predicted octanol–water partition coefficient (Wildman–Crippen LogP) is 4.03. The van der Waals surface area contributed by atoms with Gasteiger partial charge in [-0.3, -0.25) is 0 Å². The van der Waals surface area contributed by atoms with Crippen LogP contribution in [0.15, 0.2) is 42.5 Å². The molecule has 0 N–H and O–H groups in total. The highest BCUT2D eigenvalue weighted by Crippen LogP contribution is 2.33. The van der Waals surface area contributed by atoms with Gasteiger partial charge in [-0.1, -0.05) is 18.2 Å². The highest BCUT2D eigenvalue weighted by molar-refractivity contribution is 5.72. The van der Waals surface area contributed by atoms with E-state index >= 15 is 0 Å². The molecule has 2 aromatic carbocycles. The minimum Gasteiger partial charge on any atom is -0.497 e. The summed E-state index contributed by atoms with van der Waals surface area (Å²) in [5.74, 6) is 0.756. The fourth-order valence-electron chi connectivity index (χ4n) is 2.29. The second kappa shape index (κ2) is 6.12. The molecule has 0 unspecified atom stereocenters. The Kier molecular flexibility index (Phi) is 4.27. The van der Waals surface area contributed by atoms with Crippen molar-refractivity contribution in [1.29, 1.82) is 5.26 Å².